The van der Waals surface area contributed by atoms with E-state index in [-0.39, 0.29) is 17.4 Å². The van der Waals surface area contributed by atoms with Gasteiger partial charge in [0.15, 0.2) is 0 Å². The molecule has 1 nitrogen and oxygen atoms in total. The quantitative estimate of drug-likeness (QED) is 0.771. The third-order valence-electron chi connectivity index (χ3n) is 2.28. The van der Waals surface area contributed by atoms with Crippen LogP contribution in [0.1, 0.15) is 5.56 Å². The van der Waals surface area contributed by atoms with Gasteiger partial charge in [-0.2, -0.15) is 0 Å². The minimum absolute atomic E-state index is 0.0480. The molecule has 0 aliphatic heterocycles. The first-order valence-electron chi connectivity index (χ1n) is 5.08. The molecule has 0 amide bonds. The van der Waals surface area contributed by atoms with Gasteiger partial charge in [0.25, 0.3) is 0 Å². The van der Waals surface area contributed by atoms with Gasteiger partial charge in [0.05, 0.1) is 9.50 Å². The zero-order valence-electron chi connectivity index (χ0n) is 9.09. The summed E-state index contributed by atoms with van der Waals surface area (Å²) in [6, 6.07) is 8.76. The average molecular weight is 334 g/mol. The summed E-state index contributed by atoms with van der Waals surface area (Å²) < 4.78 is 31.9. The fraction of sp³-hybridized carbons (Fsp3) is 0.0769. The number of rotatable bonds is 3. The molecule has 0 bridgehead atoms. The first-order valence-corrected chi connectivity index (χ1v) is 6.25. The zero-order chi connectivity index (χ0) is 13.1. The lowest BCUT2D eigenvalue weighted by molar-refractivity contribution is 0.304. The summed E-state index contributed by atoms with van der Waals surface area (Å²) in [6.07, 6.45) is 0. The minimum Gasteiger partial charge on any atom is -0.489 e. The predicted octanol–water partition coefficient (Wildman–Crippen LogP) is 4.96. The van der Waals surface area contributed by atoms with Gasteiger partial charge in [-0.25, -0.2) is 8.78 Å². The van der Waals surface area contributed by atoms with E-state index in [1.165, 1.54) is 18.2 Å². The van der Waals surface area contributed by atoms with Crippen molar-refractivity contribution in [1.82, 2.24) is 0 Å². The number of hydrogen-bond acceptors (Lipinski definition) is 1. The molecule has 0 N–H and O–H groups in total. The summed E-state index contributed by atoms with van der Waals surface area (Å²) >= 11 is 8.64. The van der Waals surface area contributed by atoms with Crippen molar-refractivity contribution in [3.05, 3.63) is 63.1 Å². The molecule has 18 heavy (non-hydrogen) atoms. The lowest BCUT2D eigenvalue weighted by atomic mass is 10.2. The van der Waals surface area contributed by atoms with Gasteiger partial charge in [-0.05, 0) is 45.8 Å². The summed E-state index contributed by atoms with van der Waals surface area (Å²) in [4.78, 5) is 0. The maximum atomic E-state index is 13.2. The molecule has 0 radical (unpaired) electrons. The van der Waals surface area contributed by atoms with Crippen LogP contribution in [0.5, 0.6) is 5.75 Å². The fourth-order valence-electron chi connectivity index (χ4n) is 1.36. The van der Waals surface area contributed by atoms with Crippen LogP contribution in [-0.4, -0.2) is 0 Å². The number of ether oxygens (including phenoxy) is 1. The molecule has 0 saturated carbocycles. The van der Waals surface area contributed by atoms with Crippen LogP contribution in [0.2, 0.25) is 5.02 Å². The van der Waals surface area contributed by atoms with Crippen LogP contribution in [0.15, 0.2) is 40.9 Å². The summed E-state index contributed by atoms with van der Waals surface area (Å²) in [5, 5.41) is 0.0480. The zero-order valence-corrected chi connectivity index (χ0v) is 11.4. The maximum absolute atomic E-state index is 13.2. The Balaban J connectivity index is 2.06. The van der Waals surface area contributed by atoms with Crippen LogP contribution >= 0.6 is 27.5 Å². The first kappa shape index (κ1) is 13.3. The van der Waals surface area contributed by atoms with Gasteiger partial charge in [-0.15, -0.1) is 0 Å². The van der Waals surface area contributed by atoms with Gasteiger partial charge in [-0.3, -0.25) is 0 Å². The second-order valence-corrected chi connectivity index (χ2v) is 4.87. The van der Waals surface area contributed by atoms with Crippen LogP contribution in [-0.2, 0) is 6.61 Å². The van der Waals surface area contributed by atoms with E-state index >= 15 is 0 Å². The molecular formula is C13H8BrClF2O. The molecule has 0 saturated heterocycles. The van der Waals surface area contributed by atoms with Gasteiger partial charge in [0.1, 0.15) is 24.0 Å². The van der Waals surface area contributed by atoms with Crippen molar-refractivity contribution in [2.45, 2.75) is 6.61 Å². The molecule has 0 atom stereocenters. The summed E-state index contributed by atoms with van der Waals surface area (Å²) in [7, 11) is 0. The van der Waals surface area contributed by atoms with E-state index < -0.39 is 5.82 Å². The normalized spacial score (nSPS) is 10.4. The Hall–Kier alpha value is -1.13. The minimum atomic E-state index is -0.533. The number of hydrogen-bond donors (Lipinski definition) is 0. The maximum Gasteiger partial charge on any atom is 0.145 e. The summed E-state index contributed by atoms with van der Waals surface area (Å²) in [5.41, 5.74) is 0.777. The predicted molar refractivity (Wildman–Crippen MR) is 69.8 cm³/mol. The van der Waals surface area contributed by atoms with Gasteiger partial charge < -0.3 is 4.74 Å². The van der Waals surface area contributed by atoms with Crippen molar-refractivity contribution in [1.29, 1.82) is 0 Å². The molecule has 0 aliphatic carbocycles. The van der Waals surface area contributed by atoms with Gasteiger partial charge >= 0.3 is 0 Å². The molecule has 0 aromatic heterocycles. The van der Waals surface area contributed by atoms with Gasteiger partial charge in [0, 0.05) is 6.07 Å². The second-order valence-electron chi connectivity index (χ2n) is 3.61. The fourth-order valence-corrected chi connectivity index (χ4v) is 1.91. The van der Waals surface area contributed by atoms with Crippen LogP contribution in [0.25, 0.3) is 0 Å². The van der Waals surface area contributed by atoms with Crippen LogP contribution in [0, 0.1) is 11.6 Å². The highest BCUT2D eigenvalue weighted by atomic mass is 79.9. The molecule has 2 rings (SSSR count). The van der Waals surface area contributed by atoms with E-state index in [0.717, 1.165) is 5.56 Å². The highest BCUT2D eigenvalue weighted by molar-refractivity contribution is 9.10. The molecule has 2 aromatic rings. The van der Waals surface area contributed by atoms with Crippen molar-refractivity contribution in [2.24, 2.45) is 0 Å². The molecule has 94 valence electrons. The van der Waals surface area contributed by atoms with Crippen LogP contribution in [0.3, 0.4) is 0 Å². The van der Waals surface area contributed by atoms with E-state index in [4.69, 9.17) is 16.3 Å². The molecule has 5 heteroatoms. The largest absolute Gasteiger partial charge is 0.489 e. The highest BCUT2D eigenvalue weighted by Gasteiger charge is 2.04. The van der Waals surface area contributed by atoms with Crippen LogP contribution < -0.4 is 4.74 Å². The van der Waals surface area contributed by atoms with Crippen LogP contribution in [0.4, 0.5) is 8.78 Å². The summed E-state index contributed by atoms with van der Waals surface area (Å²) in [5.74, 6) is -0.497. The molecule has 0 fully saturated rings. The van der Waals surface area contributed by atoms with Crippen molar-refractivity contribution in [2.75, 3.05) is 0 Å². The lowest BCUT2D eigenvalue weighted by Crippen LogP contribution is -1.96. The standard InChI is InChI=1S/C13H8BrClF2O/c14-10-5-8(1-4-12(10)16)7-18-9-2-3-11(15)13(17)6-9/h1-6H,7H2. The molecule has 0 spiro atoms. The Bertz CT molecular complexity index is 523. The third kappa shape index (κ3) is 3.21. The van der Waals surface area contributed by atoms with Crippen molar-refractivity contribution in [3.63, 3.8) is 0 Å². The summed E-state index contributed by atoms with van der Waals surface area (Å²) in [6.45, 7) is 0.222. The Labute approximate surface area is 116 Å². The van der Waals surface area contributed by atoms with E-state index in [9.17, 15) is 8.78 Å². The smallest absolute Gasteiger partial charge is 0.145 e. The Morgan fingerprint density at radius 2 is 1.83 bits per heavy atom. The highest BCUT2D eigenvalue weighted by Crippen LogP contribution is 2.22. The second kappa shape index (κ2) is 5.67. The Morgan fingerprint density at radius 1 is 1.06 bits per heavy atom. The van der Waals surface area contributed by atoms with Crippen molar-refractivity contribution in [3.8, 4) is 5.75 Å². The molecule has 2 aromatic carbocycles. The Kier molecular flexibility index (Phi) is 4.19. The van der Waals surface area contributed by atoms with Gasteiger partial charge in [-0.1, -0.05) is 17.7 Å². The molecular weight excluding hydrogens is 325 g/mol. The van der Waals surface area contributed by atoms with E-state index in [1.807, 2.05) is 0 Å². The Morgan fingerprint density at radius 3 is 2.50 bits per heavy atom. The number of benzene rings is 2. The van der Waals surface area contributed by atoms with Crippen molar-refractivity contribution >= 4 is 27.5 Å². The average Bonchev–Trinajstić information content (AvgIpc) is 2.35. The molecule has 0 heterocycles. The molecule has 0 aliphatic rings. The van der Waals surface area contributed by atoms with E-state index in [1.54, 1.807) is 18.2 Å². The van der Waals surface area contributed by atoms with Gasteiger partial charge in [0.2, 0.25) is 0 Å². The van der Waals surface area contributed by atoms with E-state index in [2.05, 4.69) is 15.9 Å². The third-order valence-corrected chi connectivity index (χ3v) is 3.19. The molecule has 0 unspecified atom stereocenters. The van der Waals surface area contributed by atoms with Crippen molar-refractivity contribution < 1.29 is 13.5 Å². The SMILES string of the molecule is Fc1cc(OCc2ccc(F)c(Br)c2)ccc1Cl. The lowest BCUT2D eigenvalue weighted by Gasteiger charge is -2.07. The first-order chi connectivity index (χ1) is 8.56. The van der Waals surface area contributed by atoms with E-state index in [0.29, 0.717) is 10.2 Å². The number of halogens is 4. The topological polar surface area (TPSA) is 9.23 Å². The monoisotopic (exact) mass is 332 g/mol.